The van der Waals surface area contributed by atoms with Gasteiger partial charge in [-0.3, -0.25) is 4.79 Å². The van der Waals surface area contributed by atoms with E-state index in [9.17, 15) is 4.79 Å². The fourth-order valence-electron chi connectivity index (χ4n) is 3.08. The van der Waals surface area contributed by atoms with Gasteiger partial charge in [-0.25, -0.2) is 4.98 Å². The average Bonchev–Trinajstić information content (AvgIpc) is 3.08. The topological polar surface area (TPSA) is 57.8 Å². The number of anilines is 1. The van der Waals surface area contributed by atoms with Gasteiger partial charge in [0.1, 0.15) is 5.82 Å². The van der Waals surface area contributed by atoms with Crippen molar-refractivity contribution in [3.05, 3.63) is 83.9 Å². The lowest BCUT2D eigenvalue weighted by atomic mass is 10.1. The summed E-state index contributed by atoms with van der Waals surface area (Å²) >= 11 is 0. The number of aromatic amines is 1. The molecule has 0 saturated carbocycles. The van der Waals surface area contributed by atoms with Crippen LogP contribution in [0.2, 0.25) is 0 Å². The standard InChI is InChI=1S/C22H19N3O/c1-15-17(22-24-19-11-5-6-12-20(19)25-22)10-7-13-18(15)23-21(26)14-16-8-3-2-4-9-16/h2-13H,14H2,1H3,(H,23,26)(H,24,25). The van der Waals surface area contributed by atoms with Gasteiger partial charge in [-0.15, -0.1) is 0 Å². The highest BCUT2D eigenvalue weighted by Gasteiger charge is 2.12. The smallest absolute Gasteiger partial charge is 0.228 e. The molecule has 3 aromatic carbocycles. The van der Waals surface area contributed by atoms with E-state index in [4.69, 9.17) is 0 Å². The molecule has 0 fully saturated rings. The minimum Gasteiger partial charge on any atom is -0.338 e. The molecule has 0 bridgehead atoms. The van der Waals surface area contributed by atoms with Gasteiger partial charge in [-0.2, -0.15) is 0 Å². The number of nitrogens with one attached hydrogen (secondary N) is 2. The minimum atomic E-state index is -0.0268. The first-order valence-electron chi connectivity index (χ1n) is 8.59. The third-order valence-electron chi connectivity index (χ3n) is 4.46. The molecule has 0 atom stereocenters. The van der Waals surface area contributed by atoms with Crippen molar-refractivity contribution in [1.82, 2.24) is 9.97 Å². The van der Waals surface area contributed by atoms with Crippen LogP contribution >= 0.6 is 0 Å². The van der Waals surface area contributed by atoms with E-state index in [0.717, 1.165) is 39.2 Å². The van der Waals surface area contributed by atoms with Gasteiger partial charge in [0, 0.05) is 11.3 Å². The highest BCUT2D eigenvalue weighted by molar-refractivity contribution is 5.94. The number of para-hydroxylation sites is 2. The molecule has 0 unspecified atom stereocenters. The number of benzene rings is 3. The molecular formula is C22H19N3O. The third-order valence-corrected chi connectivity index (χ3v) is 4.46. The van der Waals surface area contributed by atoms with Crippen molar-refractivity contribution >= 4 is 22.6 Å². The normalized spacial score (nSPS) is 10.8. The molecule has 2 N–H and O–H groups in total. The van der Waals surface area contributed by atoms with E-state index in [1.807, 2.05) is 79.7 Å². The summed E-state index contributed by atoms with van der Waals surface area (Å²) in [6.07, 6.45) is 0.356. The van der Waals surface area contributed by atoms with Gasteiger partial charge in [0.05, 0.1) is 17.5 Å². The Hall–Kier alpha value is -3.40. The van der Waals surface area contributed by atoms with Gasteiger partial charge in [-0.05, 0) is 36.2 Å². The Kier molecular flexibility index (Phi) is 4.23. The first-order chi connectivity index (χ1) is 12.7. The zero-order chi connectivity index (χ0) is 17.9. The van der Waals surface area contributed by atoms with Crippen LogP contribution in [0.5, 0.6) is 0 Å². The Morgan fingerprint density at radius 2 is 1.73 bits per heavy atom. The Labute approximate surface area is 151 Å². The maximum Gasteiger partial charge on any atom is 0.228 e. The number of aromatic nitrogens is 2. The Morgan fingerprint density at radius 1 is 0.962 bits per heavy atom. The van der Waals surface area contributed by atoms with Gasteiger partial charge in [0.2, 0.25) is 5.91 Å². The molecule has 4 nitrogen and oxygen atoms in total. The summed E-state index contributed by atoms with van der Waals surface area (Å²) in [6, 6.07) is 23.6. The third kappa shape index (κ3) is 3.22. The molecule has 4 heteroatoms. The molecule has 1 heterocycles. The van der Waals surface area contributed by atoms with E-state index in [1.54, 1.807) is 0 Å². The first-order valence-corrected chi connectivity index (χ1v) is 8.59. The van der Waals surface area contributed by atoms with Crippen molar-refractivity contribution in [2.24, 2.45) is 0 Å². The largest absolute Gasteiger partial charge is 0.338 e. The molecule has 0 aliphatic carbocycles. The molecule has 4 aromatic rings. The zero-order valence-electron chi connectivity index (χ0n) is 14.5. The van der Waals surface area contributed by atoms with Crippen LogP contribution in [0.25, 0.3) is 22.4 Å². The van der Waals surface area contributed by atoms with Crippen molar-refractivity contribution in [1.29, 1.82) is 0 Å². The van der Waals surface area contributed by atoms with E-state index in [-0.39, 0.29) is 5.91 Å². The molecule has 128 valence electrons. The number of H-pyrrole nitrogens is 1. The summed E-state index contributed by atoms with van der Waals surface area (Å²) in [7, 11) is 0. The molecule has 1 amide bonds. The average molecular weight is 341 g/mol. The number of hydrogen-bond acceptors (Lipinski definition) is 2. The number of hydrogen-bond donors (Lipinski definition) is 2. The Bertz CT molecular complexity index is 1030. The summed E-state index contributed by atoms with van der Waals surface area (Å²) in [5.41, 5.74) is 5.72. The van der Waals surface area contributed by atoms with Crippen LogP contribution in [-0.4, -0.2) is 15.9 Å². The van der Waals surface area contributed by atoms with E-state index in [1.165, 1.54) is 0 Å². The SMILES string of the molecule is Cc1c(NC(=O)Cc2ccccc2)cccc1-c1nc2ccccc2[nH]1. The van der Waals surface area contributed by atoms with Crippen LogP contribution < -0.4 is 5.32 Å². The molecule has 0 spiro atoms. The number of nitrogens with zero attached hydrogens (tertiary/aromatic N) is 1. The monoisotopic (exact) mass is 341 g/mol. The highest BCUT2D eigenvalue weighted by atomic mass is 16.1. The van der Waals surface area contributed by atoms with Gasteiger partial charge < -0.3 is 10.3 Å². The summed E-state index contributed by atoms with van der Waals surface area (Å²) in [4.78, 5) is 20.4. The summed E-state index contributed by atoms with van der Waals surface area (Å²) in [6.45, 7) is 2.00. The lowest BCUT2D eigenvalue weighted by Gasteiger charge is -2.11. The molecule has 0 aliphatic heterocycles. The van der Waals surface area contributed by atoms with Crippen molar-refractivity contribution < 1.29 is 4.79 Å². The lowest BCUT2D eigenvalue weighted by Crippen LogP contribution is -2.15. The van der Waals surface area contributed by atoms with Crippen LogP contribution in [0, 0.1) is 6.92 Å². The van der Waals surface area contributed by atoms with Gasteiger partial charge in [0.25, 0.3) is 0 Å². The number of carbonyl (C=O) groups is 1. The molecule has 1 aromatic heterocycles. The Balaban J connectivity index is 1.60. The molecule has 4 rings (SSSR count). The number of imidazole rings is 1. The van der Waals surface area contributed by atoms with Crippen LogP contribution in [0.15, 0.2) is 72.8 Å². The first kappa shape index (κ1) is 16.1. The minimum absolute atomic E-state index is 0.0268. The van der Waals surface area contributed by atoms with Crippen LogP contribution in [0.3, 0.4) is 0 Å². The van der Waals surface area contributed by atoms with Gasteiger partial charge >= 0.3 is 0 Å². The quantitative estimate of drug-likeness (QED) is 0.564. The number of fused-ring (bicyclic) bond motifs is 1. The molecule has 0 aliphatic rings. The van der Waals surface area contributed by atoms with Crippen molar-refractivity contribution in [2.75, 3.05) is 5.32 Å². The second kappa shape index (κ2) is 6.84. The van der Waals surface area contributed by atoms with Crippen LogP contribution in [0.4, 0.5) is 5.69 Å². The van der Waals surface area contributed by atoms with E-state index in [2.05, 4.69) is 15.3 Å². The number of rotatable bonds is 4. The van der Waals surface area contributed by atoms with Gasteiger partial charge in [-0.1, -0.05) is 54.6 Å². The molecule has 26 heavy (non-hydrogen) atoms. The van der Waals surface area contributed by atoms with Crippen molar-refractivity contribution in [2.45, 2.75) is 13.3 Å². The van der Waals surface area contributed by atoms with Crippen molar-refractivity contribution in [3.63, 3.8) is 0 Å². The maximum absolute atomic E-state index is 12.4. The van der Waals surface area contributed by atoms with Gasteiger partial charge in [0.15, 0.2) is 0 Å². The second-order valence-corrected chi connectivity index (χ2v) is 6.29. The Morgan fingerprint density at radius 3 is 2.54 bits per heavy atom. The van der Waals surface area contributed by atoms with Crippen LogP contribution in [0.1, 0.15) is 11.1 Å². The summed E-state index contributed by atoms with van der Waals surface area (Å²) in [5, 5.41) is 3.02. The van der Waals surface area contributed by atoms with E-state index in [0.29, 0.717) is 6.42 Å². The summed E-state index contributed by atoms with van der Waals surface area (Å²) < 4.78 is 0. The number of carbonyl (C=O) groups excluding carboxylic acids is 1. The predicted molar refractivity (Wildman–Crippen MR) is 105 cm³/mol. The van der Waals surface area contributed by atoms with E-state index >= 15 is 0 Å². The van der Waals surface area contributed by atoms with E-state index < -0.39 is 0 Å². The summed E-state index contributed by atoms with van der Waals surface area (Å²) in [5.74, 6) is 0.781. The fraction of sp³-hybridized carbons (Fsp3) is 0.0909. The number of amides is 1. The fourth-order valence-corrected chi connectivity index (χ4v) is 3.08. The zero-order valence-corrected chi connectivity index (χ0v) is 14.5. The molecular weight excluding hydrogens is 322 g/mol. The van der Waals surface area contributed by atoms with Crippen molar-refractivity contribution in [3.8, 4) is 11.4 Å². The predicted octanol–water partition coefficient (Wildman–Crippen LogP) is 4.72. The van der Waals surface area contributed by atoms with Crippen LogP contribution in [-0.2, 0) is 11.2 Å². The maximum atomic E-state index is 12.4. The lowest BCUT2D eigenvalue weighted by molar-refractivity contribution is -0.115. The molecule has 0 saturated heterocycles. The second-order valence-electron chi connectivity index (χ2n) is 6.29. The molecule has 0 radical (unpaired) electrons. The highest BCUT2D eigenvalue weighted by Crippen LogP contribution is 2.28.